The number of fused-ring (bicyclic) bond motifs is 1. The van der Waals surface area contributed by atoms with Gasteiger partial charge in [-0.15, -0.1) is 0 Å². The fraction of sp³-hybridized carbons (Fsp3) is 0.630. The molecule has 4 aliphatic rings. The van der Waals surface area contributed by atoms with E-state index in [4.69, 9.17) is 4.74 Å². The van der Waals surface area contributed by atoms with Crippen molar-refractivity contribution < 1.29 is 19.1 Å². The molecule has 2 heterocycles. The zero-order valence-electron chi connectivity index (χ0n) is 20.6. The molecule has 8 heteroatoms. The van der Waals surface area contributed by atoms with Crippen LogP contribution in [0.1, 0.15) is 74.7 Å². The Morgan fingerprint density at radius 1 is 1.23 bits per heavy atom. The number of hydrogen-bond acceptors (Lipinski definition) is 6. The average Bonchev–Trinajstić information content (AvgIpc) is 3.40. The smallest absolute Gasteiger partial charge is 0.255 e. The summed E-state index contributed by atoms with van der Waals surface area (Å²) < 4.78 is 6.49. The van der Waals surface area contributed by atoms with Gasteiger partial charge in [0.15, 0.2) is 0 Å². The molecule has 0 radical (unpaired) electrons. The normalized spacial score (nSPS) is 32.3. The third-order valence-corrected chi connectivity index (χ3v) is 8.32. The summed E-state index contributed by atoms with van der Waals surface area (Å²) in [6, 6.07) is 7.80. The van der Waals surface area contributed by atoms with Gasteiger partial charge in [-0.25, -0.2) is 0 Å². The molecule has 2 unspecified atom stereocenters. The minimum absolute atomic E-state index is 0.0961. The number of carbonyl (C=O) groups excluding carboxylic acids is 3. The predicted octanol–water partition coefficient (Wildman–Crippen LogP) is 3.01. The highest BCUT2D eigenvalue weighted by molar-refractivity contribution is 6.05. The van der Waals surface area contributed by atoms with Crippen LogP contribution >= 0.6 is 0 Å². The average molecular weight is 479 g/mol. The van der Waals surface area contributed by atoms with Gasteiger partial charge in [-0.3, -0.25) is 24.6 Å². The van der Waals surface area contributed by atoms with Crippen LogP contribution in [0.15, 0.2) is 18.2 Å². The van der Waals surface area contributed by atoms with E-state index < -0.39 is 11.9 Å². The zero-order valence-corrected chi connectivity index (χ0v) is 20.6. The highest BCUT2D eigenvalue weighted by Gasteiger charge is 2.43. The van der Waals surface area contributed by atoms with Gasteiger partial charge in [0.2, 0.25) is 11.8 Å². The summed E-state index contributed by atoms with van der Waals surface area (Å²) >= 11 is 0. The molecule has 186 valence electrons. The van der Waals surface area contributed by atoms with E-state index in [-0.39, 0.29) is 29.8 Å². The third kappa shape index (κ3) is 4.54. The number of ether oxygens (including phenoxy) is 1. The highest BCUT2D eigenvalue weighted by Crippen LogP contribution is 2.45. The lowest BCUT2D eigenvalue weighted by atomic mass is 9.64. The summed E-state index contributed by atoms with van der Waals surface area (Å²) in [4.78, 5) is 40.8. The molecule has 1 saturated heterocycles. The molecule has 3 fully saturated rings. The lowest BCUT2D eigenvalue weighted by Crippen LogP contribution is -2.52. The number of nitriles is 1. The van der Waals surface area contributed by atoms with Crippen LogP contribution in [-0.4, -0.2) is 58.8 Å². The van der Waals surface area contributed by atoms with Crippen molar-refractivity contribution >= 4 is 17.7 Å². The number of piperidine rings is 1. The second-order valence-electron chi connectivity index (χ2n) is 10.9. The van der Waals surface area contributed by atoms with Gasteiger partial charge in [0, 0.05) is 31.1 Å². The van der Waals surface area contributed by atoms with Crippen LogP contribution in [0.25, 0.3) is 0 Å². The van der Waals surface area contributed by atoms with E-state index in [1.54, 1.807) is 11.0 Å². The molecular formula is C27H34N4O4. The van der Waals surface area contributed by atoms with Gasteiger partial charge in [0.1, 0.15) is 17.9 Å². The Bertz CT molecular complexity index is 1070. The predicted molar refractivity (Wildman–Crippen MR) is 128 cm³/mol. The number of amides is 3. The first-order valence-electron chi connectivity index (χ1n) is 12.9. The third-order valence-electron chi connectivity index (χ3n) is 8.32. The molecule has 5 rings (SSSR count). The van der Waals surface area contributed by atoms with Gasteiger partial charge in [-0.05, 0) is 81.7 Å². The Labute approximate surface area is 206 Å². The molecule has 2 aliphatic carbocycles. The van der Waals surface area contributed by atoms with E-state index in [1.165, 1.54) is 0 Å². The molecular weight excluding hydrogens is 444 g/mol. The Balaban J connectivity index is 1.23. The van der Waals surface area contributed by atoms with Crippen molar-refractivity contribution in [2.24, 2.45) is 11.3 Å². The van der Waals surface area contributed by atoms with E-state index in [1.807, 2.05) is 12.1 Å². The number of nitrogens with zero attached hydrogens (tertiary/aromatic N) is 3. The van der Waals surface area contributed by atoms with Crippen molar-refractivity contribution in [3.8, 4) is 11.8 Å². The van der Waals surface area contributed by atoms with E-state index in [9.17, 15) is 19.6 Å². The van der Waals surface area contributed by atoms with Crippen LogP contribution in [0, 0.1) is 22.7 Å². The number of nitrogens with one attached hydrogen (secondary N) is 1. The molecule has 35 heavy (non-hydrogen) atoms. The molecule has 1 aromatic carbocycles. The van der Waals surface area contributed by atoms with E-state index in [0.29, 0.717) is 30.5 Å². The van der Waals surface area contributed by atoms with Crippen molar-refractivity contribution in [3.05, 3.63) is 29.3 Å². The molecule has 1 aromatic rings. The first kappa shape index (κ1) is 23.8. The maximum Gasteiger partial charge on any atom is 0.255 e. The molecule has 0 spiro atoms. The molecule has 3 amide bonds. The van der Waals surface area contributed by atoms with Gasteiger partial charge in [0.25, 0.3) is 5.91 Å². The SMILES string of the molecule is CCN(C[C@H]1C[C@@](C)(C#N)C1)C1CCC[C@@H]1Oc1ccc2c(c1)CN(C1CCC(=O)NC1=O)C2=O. The van der Waals surface area contributed by atoms with Crippen LogP contribution in [0.4, 0.5) is 0 Å². The minimum atomic E-state index is -0.608. The maximum absolute atomic E-state index is 13.0. The summed E-state index contributed by atoms with van der Waals surface area (Å²) in [5.41, 5.74) is 1.31. The minimum Gasteiger partial charge on any atom is -0.489 e. The number of rotatable bonds is 7. The maximum atomic E-state index is 13.0. The van der Waals surface area contributed by atoms with Gasteiger partial charge in [-0.2, -0.15) is 5.26 Å². The number of carbonyl (C=O) groups is 3. The second kappa shape index (κ2) is 9.27. The number of likely N-dealkylation sites (N-methyl/N-ethyl adjacent to an activating group) is 1. The van der Waals surface area contributed by atoms with Crippen LogP contribution in [0.2, 0.25) is 0 Å². The van der Waals surface area contributed by atoms with Crippen molar-refractivity contribution in [2.45, 2.75) is 83.5 Å². The van der Waals surface area contributed by atoms with Crippen LogP contribution in [-0.2, 0) is 16.1 Å². The van der Waals surface area contributed by atoms with Gasteiger partial charge >= 0.3 is 0 Å². The van der Waals surface area contributed by atoms with Gasteiger partial charge in [-0.1, -0.05) is 6.92 Å². The molecule has 2 aliphatic heterocycles. The Kier molecular flexibility index (Phi) is 6.30. The number of imide groups is 1. The second-order valence-corrected chi connectivity index (χ2v) is 10.9. The fourth-order valence-corrected chi connectivity index (χ4v) is 6.53. The summed E-state index contributed by atoms with van der Waals surface area (Å²) in [5.74, 6) is 0.492. The fourth-order valence-electron chi connectivity index (χ4n) is 6.53. The molecule has 3 atom stereocenters. The van der Waals surface area contributed by atoms with Crippen molar-refractivity contribution in [1.29, 1.82) is 5.26 Å². The summed E-state index contributed by atoms with van der Waals surface area (Å²) in [7, 11) is 0. The molecule has 1 N–H and O–H groups in total. The van der Waals surface area contributed by atoms with Gasteiger partial charge in [0.05, 0.1) is 11.5 Å². The monoisotopic (exact) mass is 478 g/mol. The molecule has 2 saturated carbocycles. The highest BCUT2D eigenvalue weighted by atomic mass is 16.5. The molecule has 0 bridgehead atoms. The van der Waals surface area contributed by atoms with E-state index in [0.717, 1.165) is 56.5 Å². The topological polar surface area (TPSA) is 103 Å². The molecule has 0 aromatic heterocycles. The quantitative estimate of drug-likeness (QED) is 0.605. The van der Waals surface area contributed by atoms with Crippen molar-refractivity contribution in [2.75, 3.05) is 13.1 Å². The van der Waals surface area contributed by atoms with E-state index in [2.05, 4.69) is 30.1 Å². The van der Waals surface area contributed by atoms with Crippen molar-refractivity contribution in [1.82, 2.24) is 15.1 Å². The first-order chi connectivity index (χ1) is 16.8. The zero-order chi connectivity index (χ0) is 24.7. The number of benzene rings is 1. The van der Waals surface area contributed by atoms with Gasteiger partial charge < -0.3 is 9.64 Å². The lowest BCUT2D eigenvalue weighted by molar-refractivity contribution is -0.136. The molecule has 8 nitrogen and oxygen atoms in total. The number of hydrogen-bond donors (Lipinski definition) is 1. The van der Waals surface area contributed by atoms with E-state index >= 15 is 0 Å². The Hall–Kier alpha value is -2.92. The Morgan fingerprint density at radius 3 is 2.74 bits per heavy atom. The largest absolute Gasteiger partial charge is 0.489 e. The van der Waals surface area contributed by atoms with Crippen LogP contribution in [0.3, 0.4) is 0 Å². The van der Waals surface area contributed by atoms with Crippen LogP contribution < -0.4 is 10.1 Å². The summed E-state index contributed by atoms with van der Waals surface area (Å²) in [6.07, 6.45) is 5.88. The first-order valence-corrected chi connectivity index (χ1v) is 12.9. The Morgan fingerprint density at radius 2 is 2.03 bits per heavy atom. The summed E-state index contributed by atoms with van der Waals surface area (Å²) in [6.45, 7) is 6.58. The summed E-state index contributed by atoms with van der Waals surface area (Å²) in [5, 5.41) is 11.7. The standard InChI is InChI=1S/C27H34N4O4/c1-3-30(14-17-12-27(2,13-17)16-28)21-5-4-6-23(21)35-19-7-8-20-18(11-19)15-31(26(20)34)22-9-10-24(32)29-25(22)33/h7-8,11,17,21-23H,3-6,9-10,12-15H2,1-2H3,(H,29,32,33)/t17-,21?,22?,23-,27+/m0/s1. The van der Waals surface area contributed by atoms with Crippen LogP contribution in [0.5, 0.6) is 5.75 Å². The lowest BCUT2D eigenvalue weighted by Gasteiger charge is -2.44. The van der Waals surface area contributed by atoms with Crippen molar-refractivity contribution in [3.63, 3.8) is 0 Å².